The van der Waals surface area contributed by atoms with Crippen molar-refractivity contribution in [3.8, 4) is 22.5 Å². The number of H-pyrrole nitrogens is 1. The first-order valence-electron chi connectivity index (χ1n) is 9.37. The van der Waals surface area contributed by atoms with Gasteiger partial charge in [-0.2, -0.15) is 9.61 Å². The molecule has 0 unspecified atom stereocenters. The number of hydrogen-bond donors (Lipinski definition) is 2. The minimum atomic E-state index is 0.655. The summed E-state index contributed by atoms with van der Waals surface area (Å²) in [5, 5.41) is 23.0. The highest BCUT2D eigenvalue weighted by molar-refractivity contribution is 7.98. The van der Waals surface area contributed by atoms with Crippen LogP contribution in [0.4, 0.5) is 5.82 Å². The molecule has 148 valence electrons. The number of tetrazole rings is 1. The molecular weight excluding hydrogens is 396 g/mol. The first kappa shape index (κ1) is 18.3. The van der Waals surface area contributed by atoms with Gasteiger partial charge in [0.05, 0.1) is 6.20 Å². The maximum absolute atomic E-state index is 4.55. The number of benzene rings is 2. The van der Waals surface area contributed by atoms with E-state index in [1.807, 2.05) is 41.1 Å². The number of aromatic amines is 1. The third-order valence-electron chi connectivity index (χ3n) is 4.81. The SMILES string of the molecule is CSc1cc(NCc2ccc(-c3ccccc3-c3nnn[nH]3)cc2)n2nccc2n1. The second kappa shape index (κ2) is 7.96. The molecule has 0 fully saturated rings. The number of rotatable bonds is 6. The molecule has 9 heteroatoms. The van der Waals surface area contributed by atoms with Crippen LogP contribution >= 0.6 is 11.8 Å². The molecule has 3 aromatic heterocycles. The predicted molar refractivity (Wildman–Crippen MR) is 117 cm³/mol. The van der Waals surface area contributed by atoms with Crippen molar-refractivity contribution in [2.75, 3.05) is 11.6 Å². The molecule has 30 heavy (non-hydrogen) atoms. The molecule has 0 bridgehead atoms. The average molecular weight is 414 g/mol. The second-order valence-corrected chi connectivity index (χ2v) is 7.46. The van der Waals surface area contributed by atoms with E-state index in [9.17, 15) is 0 Å². The Morgan fingerprint density at radius 3 is 2.63 bits per heavy atom. The quantitative estimate of drug-likeness (QED) is 0.321. The van der Waals surface area contributed by atoms with E-state index in [0.29, 0.717) is 12.4 Å². The van der Waals surface area contributed by atoms with Crippen molar-refractivity contribution < 1.29 is 0 Å². The van der Waals surface area contributed by atoms with Gasteiger partial charge >= 0.3 is 0 Å². The van der Waals surface area contributed by atoms with E-state index in [1.54, 1.807) is 18.0 Å². The molecule has 5 aromatic rings. The van der Waals surface area contributed by atoms with Crippen molar-refractivity contribution in [1.29, 1.82) is 0 Å². The second-order valence-electron chi connectivity index (χ2n) is 6.63. The van der Waals surface area contributed by atoms with E-state index in [-0.39, 0.29) is 0 Å². The van der Waals surface area contributed by atoms with Crippen molar-refractivity contribution >= 4 is 23.2 Å². The average Bonchev–Trinajstić information content (AvgIpc) is 3.50. The van der Waals surface area contributed by atoms with E-state index in [4.69, 9.17) is 0 Å². The smallest absolute Gasteiger partial charge is 0.180 e. The number of anilines is 1. The molecule has 8 nitrogen and oxygen atoms in total. The highest BCUT2D eigenvalue weighted by atomic mass is 32.2. The van der Waals surface area contributed by atoms with Gasteiger partial charge in [-0.25, -0.2) is 10.1 Å². The van der Waals surface area contributed by atoms with Gasteiger partial charge < -0.3 is 5.32 Å². The van der Waals surface area contributed by atoms with Gasteiger partial charge in [-0.05, 0) is 33.4 Å². The van der Waals surface area contributed by atoms with Crippen molar-refractivity contribution in [2.24, 2.45) is 0 Å². The summed E-state index contributed by atoms with van der Waals surface area (Å²) in [7, 11) is 0. The van der Waals surface area contributed by atoms with Gasteiger partial charge in [-0.15, -0.1) is 16.9 Å². The van der Waals surface area contributed by atoms with Gasteiger partial charge in [-0.3, -0.25) is 0 Å². The van der Waals surface area contributed by atoms with Gasteiger partial charge in [0.15, 0.2) is 11.5 Å². The van der Waals surface area contributed by atoms with Crippen LogP contribution < -0.4 is 5.32 Å². The summed E-state index contributed by atoms with van der Waals surface area (Å²) in [6.07, 6.45) is 3.78. The molecule has 2 aromatic carbocycles. The fourth-order valence-corrected chi connectivity index (χ4v) is 3.74. The zero-order valence-electron chi connectivity index (χ0n) is 16.1. The number of fused-ring (bicyclic) bond motifs is 1. The number of nitrogens with zero attached hydrogens (tertiary/aromatic N) is 6. The summed E-state index contributed by atoms with van der Waals surface area (Å²) in [5.41, 5.74) is 5.15. The van der Waals surface area contributed by atoms with Crippen LogP contribution in [0.25, 0.3) is 28.2 Å². The molecule has 0 saturated carbocycles. The normalized spacial score (nSPS) is 11.1. The molecule has 2 N–H and O–H groups in total. The molecule has 5 rings (SSSR count). The summed E-state index contributed by atoms with van der Waals surface area (Å²) in [4.78, 5) is 4.55. The summed E-state index contributed by atoms with van der Waals surface area (Å²) in [5.74, 6) is 1.57. The van der Waals surface area contributed by atoms with E-state index >= 15 is 0 Å². The van der Waals surface area contributed by atoms with Crippen LogP contribution in [0, 0.1) is 0 Å². The van der Waals surface area contributed by atoms with Crippen LogP contribution in [0.5, 0.6) is 0 Å². The highest BCUT2D eigenvalue weighted by Crippen LogP contribution is 2.30. The topological polar surface area (TPSA) is 96.7 Å². The first-order chi connectivity index (χ1) is 14.8. The van der Waals surface area contributed by atoms with E-state index in [0.717, 1.165) is 33.2 Å². The van der Waals surface area contributed by atoms with E-state index in [2.05, 4.69) is 66.4 Å². The molecule has 0 spiro atoms. The highest BCUT2D eigenvalue weighted by Gasteiger charge is 2.10. The molecule has 0 saturated heterocycles. The van der Waals surface area contributed by atoms with Crippen molar-refractivity contribution in [3.05, 3.63) is 72.4 Å². The monoisotopic (exact) mass is 414 g/mol. The Labute approximate surface area is 176 Å². The standard InChI is InChI=1S/C21H18N8S/c1-30-20-12-19(29-18(24-20)10-11-23-29)22-13-14-6-8-15(9-7-14)16-4-2-3-5-17(16)21-25-27-28-26-21/h2-12,22H,13H2,1H3,(H,25,26,27,28). The molecule has 0 aliphatic rings. The van der Waals surface area contributed by atoms with Gasteiger partial charge in [0, 0.05) is 24.2 Å². The van der Waals surface area contributed by atoms with Crippen LogP contribution in [0.2, 0.25) is 0 Å². The van der Waals surface area contributed by atoms with Crippen LogP contribution in [-0.2, 0) is 6.54 Å². The Hall–Kier alpha value is -3.72. The lowest BCUT2D eigenvalue weighted by molar-refractivity contribution is 0.881. The maximum atomic E-state index is 4.55. The molecule has 0 atom stereocenters. The Bertz CT molecular complexity index is 1280. The fraction of sp³-hybridized carbons (Fsp3) is 0.0952. The molecule has 3 heterocycles. The van der Waals surface area contributed by atoms with Crippen LogP contribution in [0.1, 0.15) is 5.56 Å². The Kier molecular flexibility index (Phi) is 4.86. The molecular formula is C21H18N8S. The third kappa shape index (κ3) is 3.50. The number of hydrogen-bond acceptors (Lipinski definition) is 7. The minimum absolute atomic E-state index is 0.655. The summed E-state index contributed by atoms with van der Waals surface area (Å²) in [6, 6.07) is 20.5. The zero-order chi connectivity index (χ0) is 20.3. The van der Waals surface area contributed by atoms with Crippen LogP contribution in [-0.4, -0.2) is 41.5 Å². The lowest BCUT2D eigenvalue weighted by Gasteiger charge is -2.11. The Balaban J connectivity index is 1.38. The minimum Gasteiger partial charge on any atom is -0.366 e. The van der Waals surface area contributed by atoms with Gasteiger partial charge in [0.25, 0.3) is 0 Å². The fourth-order valence-electron chi connectivity index (χ4n) is 3.33. The van der Waals surface area contributed by atoms with Crippen LogP contribution in [0.3, 0.4) is 0 Å². The van der Waals surface area contributed by atoms with Crippen molar-refractivity contribution in [1.82, 2.24) is 35.2 Å². The molecule has 0 aliphatic carbocycles. The molecule has 0 radical (unpaired) electrons. The van der Waals surface area contributed by atoms with E-state index in [1.165, 1.54) is 5.56 Å². The number of nitrogens with one attached hydrogen (secondary N) is 2. The van der Waals surface area contributed by atoms with Gasteiger partial charge in [0.2, 0.25) is 0 Å². The van der Waals surface area contributed by atoms with E-state index < -0.39 is 0 Å². The Morgan fingerprint density at radius 1 is 1.03 bits per heavy atom. The summed E-state index contributed by atoms with van der Waals surface area (Å²) >= 11 is 1.61. The number of thioether (sulfide) groups is 1. The summed E-state index contributed by atoms with van der Waals surface area (Å²) in [6.45, 7) is 0.681. The zero-order valence-corrected chi connectivity index (χ0v) is 17.0. The van der Waals surface area contributed by atoms with Crippen LogP contribution in [0.15, 0.2) is 71.9 Å². The Morgan fingerprint density at radius 2 is 1.87 bits per heavy atom. The van der Waals surface area contributed by atoms with Gasteiger partial charge in [-0.1, -0.05) is 48.5 Å². The molecule has 0 amide bonds. The largest absolute Gasteiger partial charge is 0.366 e. The van der Waals surface area contributed by atoms with Crippen molar-refractivity contribution in [3.63, 3.8) is 0 Å². The summed E-state index contributed by atoms with van der Waals surface area (Å²) < 4.78 is 1.82. The first-order valence-corrected chi connectivity index (χ1v) is 10.6. The predicted octanol–water partition coefficient (Wildman–Crippen LogP) is 3.91. The molecule has 0 aliphatic heterocycles. The van der Waals surface area contributed by atoms with Crippen molar-refractivity contribution in [2.45, 2.75) is 11.6 Å². The lowest BCUT2D eigenvalue weighted by atomic mass is 9.98. The maximum Gasteiger partial charge on any atom is 0.180 e. The third-order valence-corrected chi connectivity index (χ3v) is 5.44. The lowest BCUT2D eigenvalue weighted by Crippen LogP contribution is -2.06. The van der Waals surface area contributed by atoms with Gasteiger partial charge in [0.1, 0.15) is 10.8 Å². The number of aromatic nitrogens is 7.